The number of benzene rings is 1. The summed E-state index contributed by atoms with van der Waals surface area (Å²) in [5, 5.41) is 0.199. The van der Waals surface area contributed by atoms with Crippen LogP contribution < -0.4 is 4.74 Å². The smallest absolute Gasteiger partial charge is 0.338 e. The third-order valence-electron chi connectivity index (χ3n) is 4.30. The van der Waals surface area contributed by atoms with Crippen molar-refractivity contribution in [1.82, 2.24) is 0 Å². The SMILES string of the molecule is CCOC(=O)c1ccc(OCCO[Si](C)(C)C(C)(C)C)c(C)c1. The molecule has 0 saturated carbocycles. The Balaban J connectivity index is 2.55. The summed E-state index contributed by atoms with van der Waals surface area (Å²) < 4.78 is 16.9. The van der Waals surface area contributed by atoms with E-state index in [0.29, 0.717) is 25.4 Å². The second kappa shape index (κ2) is 7.97. The lowest BCUT2D eigenvalue weighted by molar-refractivity contribution is 0.0526. The van der Waals surface area contributed by atoms with Crippen LogP contribution in [0.5, 0.6) is 5.75 Å². The van der Waals surface area contributed by atoms with Crippen molar-refractivity contribution < 1.29 is 18.7 Å². The summed E-state index contributed by atoms with van der Waals surface area (Å²) in [5.41, 5.74) is 1.47. The lowest BCUT2D eigenvalue weighted by atomic mass is 10.1. The van der Waals surface area contributed by atoms with Gasteiger partial charge in [0.2, 0.25) is 0 Å². The molecule has 0 N–H and O–H groups in total. The molecule has 1 aromatic carbocycles. The molecule has 0 amide bonds. The number of aryl methyl sites for hydroxylation is 1. The van der Waals surface area contributed by atoms with E-state index in [1.165, 1.54) is 0 Å². The molecule has 0 spiro atoms. The van der Waals surface area contributed by atoms with Crippen LogP contribution in [0.25, 0.3) is 0 Å². The number of carbonyl (C=O) groups is 1. The summed E-state index contributed by atoms with van der Waals surface area (Å²) in [7, 11) is -1.73. The third kappa shape index (κ3) is 5.66. The number of hydrogen-bond donors (Lipinski definition) is 0. The molecular weight excluding hydrogens is 308 g/mol. The maximum Gasteiger partial charge on any atom is 0.338 e. The Hall–Kier alpha value is -1.33. The van der Waals surface area contributed by atoms with E-state index < -0.39 is 8.32 Å². The molecule has 130 valence electrons. The largest absolute Gasteiger partial charge is 0.491 e. The standard InChI is InChI=1S/C18H30O4Si/c1-8-20-17(19)15-9-10-16(14(2)13-15)21-11-12-22-23(6,7)18(3,4)5/h9-10,13H,8,11-12H2,1-7H3. The van der Waals surface area contributed by atoms with Gasteiger partial charge in [0.15, 0.2) is 8.32 Å². The molecule has 0 aliphatic rings. The minimum Gasteiger partial charge on any atom is -0.491 e. The van der Waals surface area contributed by atoms with Crippen molar-refractivity contribution in [2.45, 2.75) is 52.8 Å². The molecule has 0 heterocycles. The number of esters is 1. The fraction of sp³-hybridized carbons (Fsp3) is 0.611. The molecule has 0 saturated heterocycles. The second-order valence-electron chi connectivity index (χ2n) is 7.16. The Morgan fingerprint density at radius 1 is 1.17 bits per heavy atom. The Morgan fingerprint density at radius 3 is 2.35 bits per heavy atom. The summed E-state index contributed by atoms with van der Waals surface area (Å²) in [6.07, 6.45) is 0. The minimum atomic E-state index is -1.73. The number of carbonyl (C=O) groups excluding carboxylic acids is 1. The van der Waals surface area contributed by atoms with Gasteiger partial charge in [-0.05, 0) is 55.7 Å². The molecule has 0 bridgehead atoms. The van der Waals surface area contributed by atoms with Crippen molar-refractivity contribution in [3.63, 3.8) is 0 Å². The van der Waals surface area contributed by atoms with Crippen LogP contribution in [0.3, 0.4) is 0 Å². The van der Waals surface area contributed by atoms with Crippen LogP contribution >= 0.6 is 0 Å². The van der Waals surface area contributed by atoms with Gasteiger partial charge in [0.1, 0.15) is 12.4 Å². The number of hydrogen-bond acceptors (Lipinski definition) is 4. The number of rotatable bonds is 7. The molecular formula is C18H30O4Si. The summed E-state index contributed by atoms with van der Waals surface area (Å²) in [6, 6.07) is 5.34. The molecule has 1 aromatic rings. The van der Waals surface area contributed by atoms with Gasteiger partial charge in [-0.25, -0.2) is 4.79 Å². The first-order chi connectivity index (χ1) is 10.6. The minimum absolute atomic E-state index is 0.199. The summed E-state index contributed by atoms with van der Waals surface area (Å²) in [6.45, 7) is 16.3. The van der Waals surface area contributed by atoms with Crippen molar-refractivity contribution in [1.29, 1.82) is 0 Å². The van der Waals surface area contributed by atoms with Gasteiger partial charge in [-0.2, -0.15) is 0 Å². The average Bonchev–Trinajstić information content (AvgIpc) is 2.43. The Bertz CT molecular complexity index is 532. The van der Waals surface area contributed by atoms with Crippen LogP contribution in [-0.4, -0.2) is 34.1 Å². The molecule has 0 fully saturated rings. The van der Waals surface area contributed by atoms with Crippen molar-refractivity contribution in [3.05, 3.63) is 29.3 Å². The van der Waals surface area contributed by atoms with E-state index in [9.17, 15) is 4.79 Å². The van der Waals surface area contributed by atoms with Crippen molar-refractivity contribution in [2.75, 3.05) is 19.8 Å². The van der Waals surface area contributed by atoms with Crippen LogP contribution in [0.1, 0.15) is 43.6 Å². The fourth-order valence-electron chi connectivity index (χ4n) is 1.82. The van der Waals surface area contributed by atoms with Crippen molar-refractivity contribution in [3.8, 4) is 5.75 Å². The molecule has 23 heavy (non-hydrogen) atoms. The van der Waals surface area contributed by atoms with Crippen LogP contribution in [0.15, 0.2) is 18.2 Å². The molecule has 1 rings (SSSR count). The summed E-state index contributed by atoms with van der Waals surface area (Å²) in [5.74, 6) is 0.472. The van der Waals surface area contributed by atoms with Gasteiger partial charge in [-0.1, -0.05) is 20.8 Å². The van der Waals surface area contributed by atoms with Crippen LogP contribution in [0, 0.1) is 6.92 Å². The predicted molar refractivity (Wildman–Crippen MR) is 95.8 cm³/mol. The quantitative estimate of drug-likeness (QED) is 0.415. The van der Waals surface area contributed by atoms with Crippen LogP contribution in [-0.2, 0) is 9.16 Å². The second-order valence-corrected chi connectivity index (χ2v) is 12.0. The molecule has 0 radical (unpaired) electrons. The molecule has 0 aromatic heterocycles. The zero-order valence-electron chi connectivity index (χ0n) is 15.5. The van der Waals surface area contributed by atoms with E-state index in [1.807, 2.05) is 13.0 Å². The maximum atomic E-state index is 11.7. The molecule has 0 unspecified atom stereocenters. The van der Waals surface area contributed by atoms with E-state index in [1.54, 1.807) is 19.1 Å². The van der Waals surface area contributed by atoms with Crippen molar-refractivity contribution in [2.24, 2.45) is 0 Å². The predicted octanol–water partition coefficient (Wildman–Crippen LogP) is 4.57. The zero-order valence-corrected chi connectivity index (χ0v) is 16.5. The molecule has 0 aliphatic carbocycles. The van der Waals surface area contributed by atoms with E-state index in [0.717, 1.165) is 11.3 Å². The zero-order chi connectivity index (χ0) is 17.7. The first-order valence-corrected chi connectivity index (χ1v) is 11.0. The Labute approximate surface area is 141 Å². The molecule has 5 heteroatoms. The highest BCUT2D eigenvalue weighted by Gasteiger charge is 2.36. The fourth-order valence-corrected chi connectivity index (χ4v) is 2.84. The van der Waals surface area contributed by atoms with Gasteiger partial charge in [0, 0.05) is 0 Å². The summed E-state index contributed by atoms with van der Waals surface area (Å²) in [4.78, 5) is 11.7. The van der Waals surface area contributed by atoms with Gasteiger partial charge >= 0.3 is 5.97 Å². The highest BCUT2D eigenvalue weighted by atomic mass is 28.4. The van der Waals surface area contributed by atoms with E-state index in [4.69, 9.17) is 13.9 Å². The highest BCUT2D eigenvalue weighted by molar-refractivity contribution is 6.74. The van der Waals surface area contributed by atoms with E-state index in [2.05, 4.69) is 33.9 Å². The normalized spacial score (nSPS) is 12.1. The molecule has 0 aliphatic heterocycles. The average molecular weight is 339 g/mol. The van der Waals surface area contributed by atoms with Crippen molar-refractivity contribution >= 4 is 14.3 Å². The molecule has 0 atom stereocenters. The van der Waals surface area contributed by atoms with Gasteiger partial charge in [0.05, 0.1) is 18.8 Å². The monoisotopic (exact) mass is 338 g/mol. The van der Waals surface area contributed by atoms with Gasteiger partial charge in [0.25, 0.3) is 0 Å². The van der Waals surface area contributed by atoms with Crippen LogP contribution in [0.4, 0.5) is 0 Å². The lowest BCUT2D eigenvalue weighted by Gasteiger charge is -2.36. The Morgan fingerprint density at radius 2 is 1.83 bits per heavy atom. The highest BCUT2D eigenvalue weighted by Crippen LogP contribution is 2.36. The van der Waals surface area contributed by atoms with Gasteiger partial charge < -0.3 is 13.9 Å². The molecule has 4 nitrogen and oxygen atoms in total. The lowest BCUT2D eigenvalue weighted by Crippen LogP contribution is -2.41. The first kappa shape index (κ1) is 19.7. The maximum absolute atomic E-state index is 11.7. The van der Waals surface area contributed by atoms with Gasteiger partial charge in [-0.15, -0.1) is 0 Å². The van der Waals surface area contributed by atoms with E-state index >= 15 is 0 Å². The Kier molecular flexibility index (Phi) is 6.83. The topological polar surface area (TPSA) is 44.8 Å². The number of ether oxygens (including phenoxy) is 2. The van der Waals surface area contributed by atoms with Gasteiger partial charge in [-0.3, -0.25) is 0 Å². The first-order valence-electron chi connectivity index (χ1n) is 8.13. The van der Waals surface area contributed by atoms with E-state index in [-0.39, 0.29) is 11.0 Å². The van der Waals surface area contributed by atoms with Crippen LogP contribution in [0.2, 0.25) is 18.1 Å². The summed E-state index contributed by atoms with van der Waals surface area (Å²) >= 11 is 0. The third-order valence-corrected chi connectivity index (χ3v) is 8.83.